The third kappa shape index (κ3) is 9.19. The predicted molar refractivity (Wildman–Crippen MR) is 145 cm³/mol. The summed E-state index contributed by atoms with van der Waals surface area (Å²) >= 11 is 0. The second-order valence-corrected chi connectivity index (χ2v) is 11.2. The number of allylic oxidation sites excluding steroid dienone is 2. The van der Waals surface area contributed by atoms with Gasteiger partial charge < -0.3 is 29.0 Å². The lowest BCUT2D eigenvalue weighted by Crippen LogP contribution is -2.50. The zero-order chi connectivity index (χ0) is 27.9. The van der Waals surface area contributed by atoms with Crippen LogP contribution in [0.2, 0.25) is 0 Å². The van der Waals surface area contributed by atoms with Crippen LogP contribution in [-0.4, -0.2) is 66.9 Å². The molecule has 0 bridgehead atoms. The summed E-state index contributed by atoms with van der Waals surface area (Å²) in [6.07, 6.45) is 13.7. The van der Waals surface area contributed by atoms with Crippen LogP contribution in [0.1, 0.15) is 67.2 Å². The van der Waals surface area contributed by atoms with Gasteiger partial charge in [0, 0.05) is 25.8 Å². The van der Waals surface area contributed by atoms with Crippen LogP contribution >= 0.6 is 0 Å². The highest BCUT2D eigenvalue weighted by molar-refractivity contribution is 5.87. The number of amides is 1. The molecule has 0 saturated carbocycles. The number of epoxide rings is 1. The molecule has 0 aromatic rings. The van der Waals surface area contributed by atoms with Gasteiger partial charge in [0.2, 0.25) is 5.91 Å². The average Bonchev–Trinajstić information content (AvgIpc) is 3.57. The molecule has 3 saturated heterocycles. The van der Waals surface area contributed by atoms with Crippen molar-refractivity contribution in [1.29, 1.82) is 0 Å². The first kappa shape index (κ1) is 30.3. The van der Waals surface area contributed by atoms with Crippen molar-refractivity contribution in [3.05, 3.63) is 48.6 Å². The Balaban J connectivity index is 1.48. The van der Waals surface area contributed by atoms with E-state index in [-0.39, 0.29) is 47.7 Å². The van der Waals surface area contributed by atoms with Gasteiger partial charge in [0.25, 0.3) is 0 Å². The van der Waals surface area contributed by atoms with Crippen molar-refractivity contribution in [1.82, 2.24) is 5.32 Å². The highest BCUT2D eigenvalue weighted by Crippen LogP contribution is 2.46. The van der Waals surface area contributed by atoms with E-state index in [2.05, 4.69) is 44.0 Å². The van der Waals surface area contributed by atoms with E-state index >= 15 is 0 Å². The predicted octanol–water partition coefficient (Wildman–Crippen LogP) is 4.55. The maximum Gasteiger partial charge on any atom is 0.303 e. The van der Waals surface area contributed by atoms with E-state index in [1.54, 1.807) is 19.1 Å². The number of ether oxygens (including phenoxy) is 5. The molecule has 212 valence electrons. The summed E-state index contributed by atoms with van der Waals surface area (Å²) in [5, 5.41) is 3.02. The topological polar surface area (TPSA) is 95.6 Å². The Kier molecular flexibility index (Phi) is 10.5. The van der Waals surface area contributed by atoms with Crippen LogP contribution < -0.4 is 5.32 Å². The monoisotopic (exact) mass is 531 g/mol. The number of rotatable bonds is 11. The molecule has 0 radical (unpaired) electrons. The van der Waals surface area contributed by atoms with E-state index < -0.39 is 11.9 Å². The van der Waals surface area contributed by atoms with Crippen LogP contribution in [0.5, 0.6) is 0 Å². The zero-order valence-electron chi connectivity index (χ0n) is 23.7. The molecule has 0 aromatic carbocycles. The third-order valence-corrected chi connectivity index (χ3v) is 7.34. The summed E-state index contributed by atoms with van der Waals surface area (Å²) in [5.41, 5.74) is 1.01. The number of hydrogen-bond donors (Lipinski definition) is 1. The molecule has 0 aromatic heterocycles. The summed E-state index contributed by atoms with van der Waals surface area (Å²) in [4.78, 5) is 23.4. The lowest BCUT2D eigenvalue weighted by molar-refractivity contribution is -0.267. The van der Waals surface area contributed by atoms with E-state index in [1.807, 2.05) is 13.8 Å². The van der Waals surface area contributed by atoms with Crippen LogP contribution in [0.4, 0.5) is 0 Å². The molecule has 3 rings (SSSR count). The fourth-order valence-corrected chi connectivity index (χ4v) is 5.27. The molecule has 1 spiro atoms. The quantitative estimate of drug-likeness (QED) is 0.137. The Morgan fingerprint density at radius 3 is 2.63 bits per heavy atom. The first-order valence-corrected chi connectivity index (χ1v) is 13.7. The molecule has 8 nitrogen and oxygen atoms in total. The Bertz CT molecular complexity index is 937. The lowest BCUT2D eigenvalue weighted by atomic mass is 9.88. The number of hydrogen-bond acceptors (Lipinski definition) is 7. The van der Waals surface area contributed by atoms with Crippen molar-refractivity contribution in [3.63, 3.8) is 0 Å². The second kappa shape index (κ2) is 13.2. The minimum Gasteiger partial charge on any atom is -0.459 e. The fraction of sp³-hybridized carbons (Fsp3) is 0.667. The van der Waals surface area contributed by atoms with E-state index in [4.69, 9.17) is 23.7 Å². The molecule has 1 amide bonds. The molecule has 3 aliphatic rings. The van der Waals surface area contributed by atoms with Crippen molar-refractivity contribution >= 4 is 11.9 Å². The van der Waals surface area contributed by atoms with Gasteiger partial charge in [-0.1, -0.05) is 36.8 Å². The number of esters is 1. The minimum atomic E-state index is -0.681. The molecule has 1 N–H and O–H groups in total. The van der Waals surface area contributed by atoms with Crippen molar-refractivity contribution < 1.29 is 33.3 Å². The Labute approximate surface area is 227 Å². The summed E-state index contributed by atoms with van der Waals surface area (Å²) in [7, 11) is 0. The Morgan fingerprint density at radius 1 is 1.24 bits per heavy atom. The van der Waals surface area contributed by atoms with E-state index in [1.165, 1.54) is 13.0 Å². The first-order valence-electron chi connectivity index (χ1n) is 13.7. The molecule has 38 heavy (non-hydrogen) atoms. The van der Waals surface area contributed by atoms with Gasteiger partial charge in [-0.15, -0.1) is 6.58 Å². The van der Waals surface area contributed by atoms with Crippen molar-refractivity contribution in [2.24, 2.45) is 5.92 Å². The molecule has 3 fully saturated rings. The van der Waals surface area contributed by atoms with Crippen molar-refractivity contribution in [3.8, 4) is 0 Å². The molecule has 0 aliphatic carbocycles. The van der Waals surface area contributed by atoms with Gasteiger partial charge >= 0.3 is 5.97 Å². The van der Waals surface area contributed by atoms with Gasteiger partial charge in [-0.05, 0) is 52.5 Å². The van der Waals surface area contributed by atoms with E-state index in [0.29, 0.717) is 6.61 Å². The van der Waals surface area contributed by atoms with Gasteiger partial charge in [0.1, 0.15) is 6.10 Å². The number of carbonyl (C=O) groups excluding carboxylic acids is 2. The fourth-order valence-electron chi connectivity index (χ4n) is 5.27. The van der Waals surface area contributed by atoms with Crippen LogP contribution in [0, 0.1) is 5.92 Å². The normalized spacial score (nSPS) is 36.4. The minimum absolute atomic E-state index is 0.0747. The smallest absolute Gasteiger partial charge is 0.303 e. The summed E-state index contributed by atoms with van der Waals surface area (Å²) in [6.45, 7) is 16.2. The maximum atomic E-state index is 12.3. The van der Waals surface area contributed by atoms with E-state index in [9.17, 15) is 9.59 Å². The molecular weight excluding hydrogens is 486 g/mol. The van der Waals surface area contributed by atoms with Crippen LogP contribution in [0.15, 0.2) is 48.6 Å². The maximum absolute atomic E-state index is 12.3. The SMILES string of the molecule is C=CCO[C@]1(C)C[C@@]2(CO2)C[C@@H](/C=C/C(C)=C/C[C@@H]2O[C@H](C)[C@H](NC(=O)/C=C\[C@H](C)OC(C)=O)C[C@@H]2C)O1. The summed E-state index contributed by atoms with van der Waals surface area (Å²) < 4.78 is 29.3. The van der Waals surface area contributed by atoms with Gasteiger partial charge in [-0.25, -0.2) is 0 Å². The Hall–Kier alpha value is -2.26. The molecule has 3 heterocycles. The number of nitrogens with one attached hydrogen (secondary N) is 1. The van der Waals surface area contributed by atoms with Gasteiger partial charge in [0.05, 0.1) is 43.2 Å². The van der Waals surface area contributed by atoms with Crippen molar-refractivity contribution in [2.75, 3.05) is 13.2 Å². The molecule has 8 atom stereocenters. The number of carbonyl (C=O) groups is 2. The Morgan fingerprint density at radius 2 is 1.97 bits per heavy atom. The van der Waals surface area contributed by atoms with Gasteiger partial charge in [-0.2, -0.15) is 0 Å². The highest BCUT2D eigenvalue weighted by Gasteiger charge is 2.55. The second-order valence-electron chi connectivity index (χ2n) is 11.2. The summed E-state index contributed by atoms with van der Waals surface area (Å²) in [5.74, 6) is -0.994. The molecule has 8 heteroatoms. The third-order valence-electron chi connectivity index (χ3n) is 7.34. The standard InChI is InChI=1S/C30H45NO7/c1-8-15-34-29(7)18-30(19-35-30)17-25(38-29)12-9-20(2)10-13-27-21(3)16-26(23(5)37-27)31-28(33)14-11-22(4)36-24(6)32/h8-12,14,21-23,25-27H,1,13,15-19H2,2-7H3,(H,31,33)/b12-9+,14-11-,20-10+/t21-,22-,23+,25+,26+,27-,29-,30+/m0/s1. The largest absolute Gasteiger partial charge is 0.459 e. The lowest BCUT2D eigenvalue weighted by Gasteiger charge is -2.40. The highest BCUT2D eigenvalue weighted by atomic mass is 16.7. The van der Waals surface area contributed by atoms with Crippen LogP contribution in [-0.2, 0) is 33.3 Å². The molecule has 0 unspecified atom stereocenters. The first-order chi connectivity index (χ1) is 17.9. The van der Waals surface area contributed by atoms with Gasteiger partial charge in [0.15, 0.2) is 5.79 Å². The van der Waals surface area contributed by atoms with Gasteiger partial charge in [-0.3, -0.25) is 9.59 Å². The molecular formula is C30H45NO7. The average molecular weight is 532 g/mol. The van der Waals surface area contributed by atoms with E-state index in [0.717, 1.165) is 37.9 Å². The van der Waals surface area contributed by atoms with Crippen molar-refractivity contribution in [2.45, 2.75) is 109 Å². The summed E-state index contributed by atoms with van der Waals surface area (Å²) in [6, 6.07) is -0.0783. The van der Waals surface area contributed by atoms with Crippen LogP contribution in [0.3, 0.4) is 0 Å². The zero-order valence-corrected chi connectivity index (χ0v) is 23.7. The molecule has 3 aliphatic heterocycles. The van der Waals surface area contributed by atoms with Crippen LogP contribution in [0.25, 0.3) is 0 Å².